The van der Waals surface area contributed by atoms with Crippen molar-refractivity contribution in [3.8, 4) is 11.5 Å². The van der Waals surface area contributed by atoms with Crippen LogP contribution < -0.4 is 0 Å². The molecule has 7 heteroatoms. The molecule has 2 heterocycles. The fourth-order valence-corrected chi connectivity index (χ4v) is 2.58. The van der Waals surface area contributed by atoms with Crippen LogP contribution in [0.2, 0.25) is 0 Å². The van der Waals surface area contributed by atoms with Crippen LogP contribution in [0.15, 0.2) is 30.3 Å². The minimum atomic E-state index is -1.00. The third-order valence-corrected chi connectivity index (χ3v) is 3.80. The first-order valence-electron chi connectivity index (χ1n) is 6.90. The predicted octanol–water partition coefficient (Wildman–Crippen LogP) is 3.25. The molecule has 4 aromatic rings. The lowest BCUT2D eigenvalue weighted by Crippen LogP contribution is -1.94. The van der Waals surface area contributed by atoms with Crippen molar-refractivity contribution < 1.29 is 14.3 Å². The molecule has 114 valence electrons. The van der Waals surface area contributed by atoms with Gasteiger partial charge in [-0.2, -0.15) is 5.10 Å². The second kappa shape index (κ2) is 4.64. The van der Waals surface area contributed by atoms with Gasteiger partial charge in [-0.1, -0.05) is 0 Å². The molecule has 0 radical (unpaired) electrons. The van der Waals surface area contributed by atoms with E-state index in [-0.39, 0.29) is 11.4 Å². The molecule has 6 nitrogen and oxygen atoms in total. The highest BCUT2D eigenvalue weighted by Gasteiger charge is 2.15. The van der Waals surface area contributed by atoms with Crippen molar-refractivity contribution in [2.24, 2.45) is 0 Å². The highest BCUT2D eigenvalue weighted by Crippen LogP contribution is 2.27. The second-order valence-electron chi connectivity index (χ2n) is 5.34. The number of aromatic nitrogens is 4. The Balaban J connectivity index is 1.90. The first-order valence-corrected chi connectivity index (χ1v) is 6.90. The fraction of sp³-hybridized carbons (Fsp3) is 0.0625. The van der Waals surface area contributed by atoms with Gasteiger partial charge in [0.25, 0.3) is 0 Å². The average Bonchev–Trinajstić information content (AvgIpc) is 3.10. The molecule has 0 unspecified atom stereocenters. The van der Waals surface area contributed by atoms with E-state index in [1.54, 1.807) is 19.1 Å². The lowest BCUT2D eigenvalue weighted by atomic mass is 10.1. The van der Waals surface area contributed by atoms with Gasteiger partial charge in [0.2, 0.25) is 0 Å². The second-order valence-corrected chi connectivity index (χ2v) is 5.34. The van der Waals surface area contributed by atoms with E-state index < -0.39 is 5.97 Å². The number of fused-ring (bicyclic) bond motifs is 2. The van der Waals surface area contributed by atoms with Crippen molar-refractivity contribution in [2.45, 2.75) is 6.92 Å². The maximum absolute atomic E-state index is 13.6. The molecule has 0 amide bonds. The largest absolute Gasteiger partial charge is 0.478 e. The molecule has 0 aliphatic heterocycles. The highest BCUT2D eigenvalue weighted by molar-refractivity contribution is 5.98. The monoisotopic (exact) mass is 310 g/mol. The summed E-state index contributed by atoms with van der Waals surface area (Å²) in [6, 6.07) is 7.77. The summed E-state index contributed by atoms with van der Waals surface area (Å²) in [5.74, 6) is -0.814. The van der Waals surface area contributed by atoms with Crippen LogP contribution in [0.25, 0.3) is 33.5 Å². The zero-order chi connectivity index (χ0) is 16.1. The molecule has 0 spiro atoms. The van der Waals surface area contributed by atoms with Crippen molar-refractivity contribution in [3.05, 3.63) is 47.3 Å². The number of nitrogens with zero attached hydrogens (tertiary/aromatic N) is 2. The van der Waals surface area contributed by atoms with E-state index in [2.05, 4.69) is 20.2 Å². The van der Waals surface area contributed by atoms with Gasteiger partial charge in [-0.05, 0) is 36.8 Å². The van der Waals surface area contributed by atoms with Gasteiger partial charge in [0.15, 0.2) is 5.82 Å². The summed E-state index contributed by atoms with van der Waals surface area (Å²) in [5, 5.41) is 16.8. The Morgan fingerprint density at radius 2 is 2.04 bits per heavy atom. The molecule has 2 aromatic heterocycles. The number of imidazole rings is 1. The molecule has 4 rings (SSSR count). The third-order valence-electron chi connectivity index (χ3n) is 3.80. The Kier molecular flexibility index (Phi) is 2.71. The van der Waals surface area contributed by atoms with Gasteiger partial charge in [0.05, 0.1) is 22.1 Å². The van der Waals surface area contributed by atoms with Crippen LogP contribution in [0.5, 0.6) is 0 Å². The minimum absolute atomic E-state index is 0.176. The van der Waals surface area contributed by atoms with Crippen LogP contribution in [0.3, 0.4) is 0 Å². The van der Waals surface area contributed by atoms with E-state index >= 15 is 0 Å². The first kappa shape index (κ1) is 13.4. The lowest BCUT2D eigenvalue weighted by molar-refractivity contribution is 0.0697. The van der Waals surface area contributed by atoms with E-state index in [1.165, 1.54) is 18.2 Å². The fourth-order valence-electron chi connectivity index (χ4n) is 2.58. The number of rotatable bonds is 2. The maximum atomic E-state index is 13.6. The van der Waals surface area contributed by atoms with E-state index in [1.807, 2.05) is 0 Å². The summed E-state index contributed by atoms with van der Waals surface area (Å²) in [5.41, 5.74) is 3.10. The summed E-state index contributed by atoms with van der Waals surface area (Å²) < 4.78 is 13.6. The number of aromatic amines is 2. The van der Waals surface area contributed by atoms with Crippen LogP contribution >= 0.6 is 0 Å². The number of hydrogen-bond donors (Lipinski definition) is 3. The number of carboxylic acid groups (broad SMARTS) is 1. The van der Waals surface area contributed by atoms with Gasteiger partial charge in [0, 0.05) is 11.5 Å². The molecule has 0 bridgehead atoms. The quantitative estimate of drug-likeness (QED) is 0.529. The van der Waals surface area contributed by atoms with Gasteiger partial charge in [0.1, 0.15) is 11.5 Å². The normalized spacial score (nSPS) is 11.4. The maximum Gasteiger partial charge on any atom is 0.335 e. The third kappa shape index (κ3) is 2.05. The van der Waals surface area contributed by atoms with Gasteiger partial charge in [-0.15, -0.1) is 0 Å². The van der Waals surface area contributed by atoms with Crippen molar-refractivity contribution in [1.29, 1.82) is 0 Å². The molecule has 2 aromatic carbocycles. The van der Waals surface area contributed by atoms with Crippen LogP contribution in [0.1, 0.15) is 15.9 Å². The number of H-pyrrole nitrogens is 2. The molecule has 3 N–H and O–H groups in total. The van der Waals surface area contributed by atoms with E-state index in [0.29, 0.717) is 28.1 Å². The number of carboxylic acids is 1. The summed E-state index contributed by atoms with van der Waals surface area (Å²) >= 11 is 0. The lowest BCUT2D eigenvalue weighted by Gasteiger charge is -1.95. The van der Waals surface area contributed by atoms with Crippen molar-refractivity contribution in [1.82, 2.24) is 20.2 Å². The molecule has 0 aliphatic carbocycles. The molecular weight excluding hydrogens is 299 g/mol. The van der Waals surface area contributed by atoms with Crippen LogP contribution in [0, 0.1) is 12.7 Å². The molecule has 0 saturated carbocycles. The van der Waals surface area contributed by atoms with Gasteiger partial charge in [-0.3, -0.25) is 5.10 Å². The Morgan fingerprint density at radius 3 is 2.83 bits per heavy atom. The molecule has 0 saturated heterocycles. The number of aryl methyl sites for hydroxylation is 1. The standard InChI is InChI=1S/C16H11FN4O2/c1-7-4-12-13(6-10(7)17)19-15(18-12)14-9-3-2-8(16(22)23)5-11(9)20-21-14/h2-6H,1H3,(H,18,19)(H,20,21)(H,22,23). The summed E-state index contributed by atoms with van der Waals surface area (Å²) in [7, 11) is 0. The number of nitrogens with one attached hydrogen (secondary N) is 2. The predicted molar refractivity (Wildman–Crippen MR) is 82.8 cm³/mol. The molecule has 23 heavy (non-hydrogen) atoms. The Labute approximate surface area is 129 Å². The van der Waals surface area contributed by atoms with Gasteiger partial charge < -0.3 is 10.1 Å². The van der Waals surface area contributed by atoms with E-state index in [9.17, 15) is 9.18 Å². The molecule has 0 atom stereocenters. The zero-order valence-corrected chi connectivity index (χ0v) is 12.0. The van der Waals surface area contributed by atoms with E-state index in [4.69, 9.17) is 5.11 Å². The van der Waals surface area contributed by atoms with Crippen LogP contribution in [0.4, 0.5) is 4.39 Å². The SMILES string of the molecule is Cc1cc2[nH]c(-c3n[nH]c4cc(C(=O)O)ccc34)nc2cc1F. The summed E-state index contributed by atoms with van der Waals surface area (Å²) in [6.07, 6.45) is 0. The summed E-state index contributed by atoms with van der Waals surface area (Å²) in [4.78, 5) is 18.5. The molecule has 0 aliphatic rings. The Morgan fingerprint density at radius 1 is 1.22 bits per heavy atom. The van der Waals surface area contributed by atoms with Crippen LogP contribution in [-0.2, 0) is 0 Å². The number of aromatic carboxylic acids is 1. The van der Waals surface area contributed by atoms with Crippen LogP contribution in [-0.4, -0.2) is 31.2 Å². The number of hydrogen-bond acceptors (Lipinski definition) is 3. The minimum Gasteiger partial charge on any atom is -0.478 e. The summed E-state index contributed by atoms with van der Waals surface area (Å²) in [6.45, 7) is 1.69. The number of carbonyl (C=O) groups is 1. The topological polar surface area (TPSA) is 94.7 Å². The Hall–Kier alpha value is -3.22. The number of halogens is 1. The zero-order valence-electron chi connectivity index (χ0n) is 12.0. The highest BCUT2D eigenvalue weighted by atomic mass is 19.1. The van der Waals surface area contributed by atoms with Crippen molar-refractivity contribution in [3.63, 3.8) is 0 Å². The molecular formula is C16H11FN4O2. The number of benzene rings is 2. The van der Waals surface area contributed by atoms with Gasteiger partial charge in [-0.25, -0.2) is 14.2 Å². The average molecular weight is 310 g/mol. The molecule has 0 fully saturated rings. The smallest absolute Gasteiger partial charge is 0.335 e. The Bertz CT molecular complexity index is 1040. The van der Waals surface area contributed by atoms with Crippen molar-refractivity contribution in [2.75, 3.05) is 0 Å². The van der Waals surface area contributed by atoms with Gasteiger partial charge >= 0.3 is 5.97 Å². The van der Waals surface area contributed by atoms with Crippen molar-refractivity contribution >= 4 is 27.9 Å². The first-order chi connectivity index (χ1) is 11.0. The van der Waals surface area contributed by atoms with E-state index in [0.717, 1.165) is 10.9 Å².